The Kier molecular flexibility index (Phi) is 10.4. The minimum absolute atomic E-state index is 0.0366. The van der Waals surface area contributed by atoms with Crippen LogP contribution in [0.3, 0.4) is 0 Å². The first-order valence-electron chi connectivity index (χ1n) is 10.9. The first kappa shape index (κ1) is 29.4. The fourth-order valence-corrected chi connectivity index (χ4v) is 4.05. The number of alkyl halides is 3. The summed E-state index contributed by atoms with van der Waals surface area (Å²) in [5.41, 5.74) is -5.44. The number of rotatable bonds is 13. The van der Waals surface area contributed by atoms with Crippen LogP contribution in [0.25, 0.3) is 0 Å². The number of aliphatic hydroxyl groups is 1. The number of allylic oxidation sites excluding steroid dienone is 1. The normalized spacial score (nSPS) is 21.5. The second kappa shape index (κ2) is 11.7. The van der Waals surface area contributed by atoms with Crippen LogP contribution in [0.1, 0.15) is 66.2 Å². The number of carbonyl (C=O) groups excluding carboxylic acids is 1. The third kappa shape index (κ3) is 8.94. The molecule has 0 radical (unpaired) electrons. The van der Waals surface area contributed by atoms with Gasteiger partial charge >= 0.3 is 21.6 Å². The van der Waals surface area contributed by atoms with Gasteiger partial charge in [0.15, 0.2) is 0 Å². The van der Waals surface area contributed by atoms with E-state index >= 15 is 0 Å². The molecule has 4 atom stereocenters. The summed E-state index contributed by atoms with van der Waals surface area (Å²) >= 11 is 0. The Morgan fingerprint density at radius 2 is 1.94 bits per heavy atom. The molecule has 0 aromatic carbocycles. The lowest BCUT2D eigenvalue weighted by atomic mass is 9.85. The summed E-state index contributed by atoms with van der Waals surface area (Å²) in [6.45, 7) is 14.5. The Morgan fingerprint density at radius 1 is 1.33 bits per heavy atom. The van der Waals surface area contributed by atoms with Gasteiger partial charge in [-0.2, -0.15) is 21.6 Å². The fourth-order valence-electron chi connectivity index (χ4n) is 3.51. The molecule has 33 heavy (non-hydrogen) atoms. The maximum atomic E-state index is 12.4. The molecule has 192 valence electrons. The van der Waals surface area contributed by atoms with Gasteiger partial charge in [-0.15, -0.1) is 0 Å². The topological polar surface area (TPSA) is 99.1 Å². The van der Waals surface area contributed by atoms with Crippen molar-refractivity contribution in [2.75, 3.05) is 6.61 Å². The smallest absolute Gasteiger partial charge is 0.465 e. The second-order valence-electron chi connectivity index (χ2n) is 9.15. The van der Waals surface area contributed by atoms with E-state index in [1.807, 2.05) is 6.92 Å². The van der Waals surface area contributed by atoms with Gasteiger partial charge in [0, 0.05) is 5.92 Å². The van der Waals surface area contributed by atoms with Crippen LogP contribution in [0.2, 0.25) is 0 Å². The van der Waals surface area contributed by atoms with Crippen molar-refractivity contribution in [3.8, 4) is 0 Å². The highest BCUT2D eigenvalue weighted by Crippen LogP contribution is 2.36. The third-order valence-corrected chi connectivity index (χ3v) is 6.47. The van der Waals surface area contributed by atoms with E-state index in [1.165, 1.54) is 6.92 Å². The summed E-state index contributed by atoms with van der Waals surface area (Å²) in [5.74, 6) is -1.71. The minimum atomic E-state index is -5.79. The first-order chi connectivity index (χ1) is 15.0. The molecule has 0 amide bonds. The van der Waals surface area contributed by atoms with Gasteiger partial charge in [-0.3, -0.25) is 4.79 Å². The first-order valence-corrected chi connectivity index (χ1v) is 12.3. The summed E-state index contributed by atoms with van der Waals surface area (Å²) in [5, 5.41) is 10.3. The van der Waals surface area contributed by atoms with Crippen LogP contribution >= 0.6 is 0 Å². The largest absolute Gasteiger partial charge is 0.534 e. The highest BCUT2D eigenvalue weighted by Gasteiger charge is 2.49. The van der Waals surface area contributed by atoms with Gasteiger partial charge in [0.2, 0.25) is 0 Å². The standard InChI is InChI=1S/C22H35F3O7S/c1-7-10-30-20(27)21(5,6)13-18-12-15(3)19(31-18)9-8-17(26)11-14(2)16(4)32-33(28,29)22(23,24)25/h14,17-19,26H,3-4,7-13H2,1-2,5-6H3/t14-,17-,18+,19+/m1/s1. The zero-order valence-electron chi connectivity index (χ0n) is 19.6. The van der Waals surface area contributed by atoms with Crippen molar-refractivity contribution >= 4 is 16.1 Å². The monoisotopic (exact) mass is 500 g/mol. The predicted molar refractivity (Wildman–Crippen MR) is 116 cm³/mol. The van der Waals surface area contributed by atoms with Crippen molar-refractivity contribution in [1.29, 1.82) is 0 Å². The third-order valence-electron chi connectivity index (χ3n) is 5.47. The maximum Gasteiger partial charge on any atom is 0.534 e. The SMILES string of the molecule is C=C(OS(=O)(=O)C(F)(F)F)[C@H](C)C[C@H](O)CC[C@@H]1O[C@H](CC(C)(C)C(=O)OCCC)CC1=C. The lowest BCUT2D eigenvalue weighted by molar-refractivity contribution is -0.156. The molecule has 0 saturated carbocycles. The van der Waals surface area contributed by atoms with Crippen LogP contribution in [-0.4, -0.2) is 49.9 Å². The molecule has 7 nitrogen and oxygen atoms in total. The number of hydrogen-bond acceptors (Lipinski definition) is 7. The second-order valence-corrected chi connectivity index (χ2v) is 10.7. The zero-order valence-corrected chi connectivity index (χ0v) is 20.4. The summed E-state index contributed by atoms with van der Waals surface area (Å²) < 4.78 is 74.7. The van der Waals surface area contributed by atoms with Crippen molar-refractivity contribution in [2.24, 2.45) is 11.3 Å². The number of halogens is 3. The van der Waals surface area contributed by atoms with Gasteiger partial charge in [-0.25, -0.2) is 0 Å². The van der Waals surface area contributed by atoms with Crippen LogP contribution in [-0.2, 0) is 28.6 Å². The maximum absolute atomic E-state index is 12.4. The number of ether oxygens (including phenoxy) is 2. The molecule has 0 spiro atoms. The Labute approximate surface area is 194 Å². The van der Waals surface area contributed by atoms with Crippen LogP contribution in [0.5, 0.6) is 0 Å². The molecule has 0 aliphatic carbocycles. The highest BCUT2D eigenvalue weighted by atomic mass is 32.2. The van der Waals surface area contributed by atoms with Crippen molar-refractivity contribution < 1.29 is 45.1 Å². The van der Waals surface area contributed by atoms with E-state index in [0.717, 1.165) is 12.0 Å². The fraction of sp³-hybridized carbons (Fsp3) is 0.773. The molecule has 1 rings (SSSR count). The molecule has 11 heteroatoms. The van der Waals surface area contributed by atoms with E-state index < -0.39 is 38.8 Å². The van der Waals surface area contributed by atoms with Gasteiger partial charge in [0.25, 0.3) is 0 Å². The Bertz CT molecular complexity index is 805. The van der Waals surface area contributed by atoms with Crippen molar-refractivity contribution in [1.82, 2.24) is 0 Å². The van der Waals surface area contributed by atoms with E-state index in [0.29, 0.717) is 25.9 Å². The van der Waals surface area contributed by atoms with Crippen LogP contribution < -0.4 is 0 Å². The molecule has 1 aliphatic rings. The average Bonchev–Trinajstić information content (AvgIpc) is 3.01. The molecule has 1 fully saturated rings. The molecule has 0 aromatic rings. The molecule has 0 unspecified atom stereocenters. The molecule has 1 heterocycles. The average molecular weight is 501 g/mol. The molecule has 0 aromatic heterocycles. The molecule has 1 saturated heterocycles. The van der Waals surface area contributed by atoms with Gasteiger partial charge in [-0.05, 0) is 57.9 Å². The summed E-state index contributed by atoms with van der Waals surface area (Å²) in [4.78, 5) is 12.2. The lowest BCUT2D eigenvalue weighted by Gasteiger charge is -2.26. The van der Waals surface area contributed by atoms with Gasteiger partial charge in [0.1, 0.15) is 5.76 Å². The number of esters is 1. The van der Waals surface area contributed by atoms with Crippen molar-refractivity contribution in [3.05, 3.63) is 24.5 Å². The van der Waals surface area contributed by atoms with Crippen molar-refractivity contribution in [2.45, 2.75) is 90.0 Å². The lowest BCUT2D eigenvalue weighted by Crippen LogP contribution is -2.31. The minimum Gasteiger partial charge on any atom is -0.465 e. The van der Waals surface area contributed by atoms with Crippen molar-refractivity contribution in [3.63, 3.8) is 0 Å². The summed E-state index contributed by atoms with van der Waals surface area (Å²) in [6, 6.07) is 0. The summed E-state index contributed by atoms with van der Waals surface area (Å²) in [6.07, 6.45) is 0.905. The van der Waals surface area contributed by atoms with Gasteiger partial charge < -0.3 is 18.8 Å². The van der Waals surface area contributed by atoms with Crippen LogP contribution in [0.15, 0.2) is 24.5 Å². The molecular formula is C22H35F3O7S. The van der Waals surface area contributed by atoms with Crippen LogP contribution in [0.4, 0.5) is 13.2 Å². The molecule has 1 N–H and O–H groups in total. The van der Waals surface area contributed by atoms with E-state index in [1.54, 1.807) is 13.8 Å². The number of hydrogen-bond donors (Lipinski definition) is 1. The van der Waals surface area contributed by atoms with Gasteiger partial charge in [0.05, 0.1) is 30.3 Å². The van der Waals surface area contributed by atoms with E-state index in [9.17, 15) is 31.5 Å². The van der Waals surface area contributed by atoms with E-state index in [2.05, 4.69) is 17.3 Å². The summed E-state index contributed by atoms with van der Waals surface area (Å²) in [7, 11) is -5.79. The zero-order chi connectivity index (χ0) is 25.6. The Morgan fingerprint density at radius 3 is 2.48 bits per heavy atom. The highest BCUT2D eigenvalue weighted by molar-refractivity contribution is 7.87. The number of aliphatic hydroxyl groups excluding tert-OH is 1. The van der Waals surface area contributed by atoms with Gasteiger partial charge in [-0.1, -0.05) is 27.0 Å². The van der Waals surface area contributed by atoms with Crippen LogP contribution in [0, 0.1) is 11.3 Å². The van der Waals surface area contributed by atoms with E-state index in [-0.39, 0.29) is 31.0 Å². The predicted octanol–water partition coefficient (Wildman–Crippen LogP) is 4.62. The Balaban J connectivity index is 2.52. The Hall–Kier alpha value is -1.59. The number of carbonyl (C=O) groups is 1. The quantitative estimate of drug-likeness (QED) is 0.130. The molecule has 1 aliphatic heterocycles. The molecular weight excluding hydrogens is 465 g/mol. The molecule has 0 bridgehead atoms. The van der Waals surface area contributed by atoms with E-state index in [4.69, 9.17) is 9.47 Å².